The van der Waals surface area contributed by atoms with Crippen molar-refractivity contribution in [2.24, 2.45) is 0 Å². The van der Waals surface area contributed by atoms with Gasteiger partial charge in [-0.2, -0.15) is 0 Å². The average Bonchev–Trinajstić information content (AvgIpc) is 2.94. The van der Waals surface area contributed by atoms with Gasteiger partial charge in [-0.25, -0.2) is 0 Å². The largest absolute Gasteiger partial charge is 0.136 e. The van der Waals surface area contributed by atoms with Crippen LogP contribution in [0.25, 0.3) is 16.0 Å². The van der Waals surface area contributed by atoms with Gasteiger partial charge in [0.15, 0.2) is 0 Å². The summed E-state index contributed by atoms with van der Waals surface area (Å²) in [4.78, 5) is 2.72. The fraction of sp³-hybridized carbons (Fsp3) is 0.263. The summed E-state index contributed by atoms with van der Waals surface area (Å²) < 4.78 is 0. The number of aryl methyl sites for hydroxylation is 1. The first-order chi connectivity index (χ1) is 9.74. The second-order valence-corrected chi connectivity index (χ2v) is 6.00. The molecule has 1 aromatic heterocycles. The van der Waals surface area contributed by atoms with Crippen molar-refractivity contribution in [1.29, 1.82) is 0 Å². The molecule has 0 nitrogen and oxygen atoms in total. The fourth-order valence-corrected chi connectivity index (χ4v) is 3.18. The molecule has 1 aromatic carbocycles. The summed E-state index contributed by atoms with van der Waals surface area (Å²) in [6, 6.07) is 13.2. The summed E-state index contributed by atoms with van der Waals surface area (Å²) in [7, 11) is 0. The van der Waals surface area contributed by atoms with Gasteiger partial charge in [0.2, 0.25) is 0 Å². The van der Waals surface area contributed by atoms with Gasteiger partial charge in [-0.05, 0) is 43.0 Å². The van der Waals surface area contributed by atoms with Crippen molar-refractivity contribution in [1.82, 2.24) is 0 Å². The molecule has 104 valence electrons. The smallest absolute Gasteiger partial charge is 0.0349 e. The molecule has 0 fully saturated rings. The lowest BCUT2D eigenvalue weighted by atomic mass is 10.1. The molecule has 0 aliphatic heterocycles. The van der Waals surface area contributed by atoms with Crippen LogP contribution in [0.15, 0.2) is 54.6 Å². The Morgan fingerprint density at radius 3 is 2.45 bits per heavy atom. The molecule has 2 rings (SSSR count). The van der Waals surface area contributed by atoms with Gasteiger partial charge in [0, 0.05) is 9.75 Å². The SMILES string of the molecule is CC/C=C\C=C(/CC)c1ccc(-c2ccc(C)cc2)s1. The Morgan fingerprint density at radius 1 is 1.05 bits per heavy atom. The Morgan fingerprint density at radius 2 is 1.80 bits per heavy atom. The summed E-state index contributed by atoms with van der Waals surface area (Å²) >= 11 is 1.88. The van der Waals surface area contributed by atoms with Crippen LogP contribution < -0.4 is 0 Å². The van der Waals surface area contributed by atoms with Crippen LogP contribution in [-0.2, 0) is 0 Å². The predicted molar refractivity (Wildman–Crippen MR) is 92.2 cm³/mol. The molecule has 0 N–H and O–H groups in total. The zero-order valence-electron chi connectivity index (χ0n) is 12.5. The Bertz CT molecular complexity index is 597. The summed E-state index contributed by atoms with van der Waals surface area (Å²) in [6.07, 6.45) is 8.77. The molecule has 0 bridgehead atoms. The van der Waals surface area contributed by atoms with Crippen molar-refractivity contribution < 1.29 is 0 Å². The number of thiophene rings is 1. The predicted octanol–water partition coefficient (Wildman–Crippen LogP) is 6.48. The van der Waals surface area contributed by atoms with Gasteiger partial charge in [-0.15, -0.1) is 11.3 Å². The van der Waals surface area contributed by atoms with E-state index in [0.29, 0.717) is 0 Å². The molecule has 20 heavy (non-hydrogen) atoms. The normalized spacial score (nSPS) is 12.2. The maximum absolute atomic E-state index is 2.25. The molecule has 0 spiro atoms. The Labute approximate surface area is 126 Å². The Hall–Kier alpha value is -1.60. The van der Waals surface area contributed by atoms with Crippen molar-refractivity contribution in [2.75, 3.05) is 0 Å². The maximum Gasteiger partial charge on any atom is 0.0349 e. The molecule has 0 saturated heterocycles. The second kappa shape index (κ2) is 7.25. The minimum absolute atomic E-state index is 1.07. The van der Waals surface area contributed by atoms with E-state index in [1.165, 1.54) is 26.5 Å². The zero-order chi connectivity index (χ0) is 14.4. The molecule has 0 radical (unpaired) electrons. The Balaban J connectivity index is 2.25. The summed E-state index contributed by atoms with van der Waals surface area (Å²) in [5.74, 6) is 0. The molecule has 0 atom stereocenters. The van der Waals surface area contributed by atoms with E-state index < -0.39 is 0 Å². The molecular formula is C19H22S. The Kier molecular flexibility index (Phi) is 5.37. The molecule has 1 heteroatoms. The number of benzene rings is 1. The van der Waals surface area contributed by atoms with E-state index in [1.807, 2.05) is 11.3 Å². The van der Waals surface area contributed by atoms with Crippen LogP contribution in [0.4, 0.5) is 0 Å². The minimum atomic E-state index is 1.07. The molecule has 0 unspecified atom stereocenters. The summed E-state index contributed by atoms with van der Waals surface area (Å²) in [5, 5.41) is 0. The van der Waals surface area contributed by atoms with Gasteiger partial charge >= 0.3 is 0 Å². The third-order valence-electron chi connectivity index (χ3n) is 3.31. The van der Waals surface area contributed by atoms with Crippen LogP contribution in [0.1, 0.15) is 37.1 Å². The lowest BCUT2D eigenvalue weighted by Crippen LogP contribution is -1.75. The van der Waals surface area contributed by atoms with Crippen molar-refractivity contribution in [3.8, 4) is 10.4 Å². The molecule has 0 aliphatic carbocycles. The molecule has 0 aliphatic rings. The molecule has 0 amide bonds. The first-order valence-electron chi connectivity index (χ1n) is 7.27. The summed E-state index contributed by atoms with van der Waals surface area (Å²) in [6.45, 7) is 6.51. The third kappa shape index (κ3) is 3.71. The summed E-state index contributed by atoms with van der Waals surface area (Å²) in [5.41, 5.74) is 4.04. The van der Waals surface area contributed by atoms with Gasteiger partial charge in [0.05, 0.1) is 0 Å². The topological polar surface area (TPSA) is 0 Å². The van der Waals surface area contributed by atoms with Gasteiger partial charge in [0.1, 0.15) is 0 Å². The van der Waals surface area contributed by atoms with Crippen molar-refractivity contribution in [3.05, 3.63) is 65.1 Å². The van der Waals surface area contributed by atoms with Gasteiger partial charge < -0.3 is 0 Å². The van der Waals surface area contributed by atoms with Gasteiger partial charge in [-0.3, -0.25) is 0 Å². The molecule has 1 heterocycles. The van der Waals surface area contributed by atoms with E-state index in [0.717, 1.165) is 12.8 Å². The van der Waals surface area contributed by atoms with Crippen molar-refractivity contribution >= 4 is 16.9 Å². The minimum Gasteiger partial charge on any atom is -0.136 e. The van der Waals surface area contributed by atoms with Crippen LogP contribution in [0.3, 0.4) is 0 Å². The zero-order valence-corrected chi connectivity index (χ0v) is 13.3. The van der Waals surface area contributed by atoms with Crippen LogP contribution in [-0.4, -0.2) is 0 Å². The molecular weight excluding hydrogens is 260 g/mol. The molecule has 2 aromatic rings. The molecule has 0 saturated carbocycles. The van der Waals surface area contributed by atoms with E-state index in [4.69, 9.17) is 0 Å². The van der Waals surface area contributed by atoms with Crippen molar-refractivity contribution in [3.63, 3.8) is 0 Å². The number of allylic oxidation sites excluding steroid dienone is 4. The lowest BCUT2D eigenvalue weighted by molar-refractivity contribution is 1.22. The van der Waals surface area contributed by atoms with Crippen LogP contribution in [0.5, 0.6) is 0 Å². The number of hydrogen-bond donors (Lipinski definition) is 0. The van der Waals surface area contributed by atoms with Gasteiger partial charge in [-0.1, -0.05) is 61.9 Å². The highest BCUT2D eigenvalue weighted by Crippen LogP contribution is 2.33. The fourth-order valence-electron chi connectivity index (χ4n) is 2.08. The number of hydrogen-bond acceptors (Lipinski definition) is 1. The quantitative estimate of drug-likeness (QED) is 0.550. The highest BCUT2D eigenvalue weighted by molar-refractivity contribution is 7.16. The first kappa shape index (κ1) is 14.8. The van der Waals surface area contributed by atoms with Crippen LogP contribution >= 0.6 is 11.3 Å². The standard InChI is InChI=1S/C19H22S/c1-4-6-7-8-16(5-2)18-13-14-19(20-18)17-11-9-15(3)10-12-17/h6-14H,4-5H2,1-3H3/b7-6-,16-8+. The van der Waals surface area contributed by atoms with E-state index in [-0.39, 0.29) is 0 Å². The van der Waals surface area contributed by atoms with Crippen molar-refractivity contribution in [2.45, 2.75) is 33.6 Å². The van der Waals surface area contributed by atoms with E-state index in [9.17, 15) is 0 Å². The first-order valence-corrected chi connectivity index (χ1v) is 8.09. The third-order valence-corrected chi connectivity index (χ3v) is 4.52. The van der Waals surface area contributed by atoms with E-state index in [1.54, 1.807) is 0 Å². The van der Waals surface area contributed by atoms with E-state index >= 15 is 0 Å². The second-order valence-electron chi connectivity index (χ2n) is 4.91. The lowest BCUT2D eigenvalue weighted by Gasteiger charge is -2.00. The van der Waals surface area contributed by atoms with Gasteiger partial charge in [0.25, 0.3) is 0 Å². The number of rotatable bonds is 5. The monoisotopic (exact) mass is 282 g/mol. The maximum atomic E-state index is 2.25. The highest BCUT2D eigenvalue weighted by Gasteiger charge is 2.05. The highest BCUT2D eigenvalue weighted by atomic mass is 32.1. The van der Waals surface area contributed by atoms with E-state index in [2.05, 4.69) is 75.4 Å². The van der Waals surface area contributed by atoms with Crippen LogP contribution in [0, 0.1) is 6.92 Å². The van der Waals surface area contributed by atoms with Crippen LogP contribution in [0.2, 0.25) is 0 Å². The average molecular weight is 282 g/mol.